The Hall–Kier alpha value is -2.90. The number of aliphatic hydroxyl groups excluding tert-OH is 1. The molecule has 1 fully saturated rings. The molecule has 0 radical (unpaired) electrons. The number of anilines is 2. The molecule has 0 bridgehead atoms. The van der Waals surface area contributed by atoms with Crippen molar-refractivity contribution in [2.75, 3.05) is 43.9 Å². The largest absolute Gasteiger partial charge is 0.388 e. The summed E-state index contributed by atoms with van der Waals surface area (Å²) in [6.07, 6.45) is 0.793. The second-order valence-electron chi connectivity index (χ2n) is 7.91. The van der Waals surface area contributed by atoms with Gasteiger partial charge in [0.1, 0.15) is 0 Å². The number of nitrogens with zero attached hydrogens (tertiary/aromatic N) is 2. The van der Waals surface area contributed by atoms with Crippen molar-refractivity contribution in [3.63, 3.8) is 0 Å². The zero-order valence-electron chi connectivity index (χ0n) is 17.5. The number of urea groups is 1. The summed E-state index contributed by atoms with van der Waals surface area (Å²) in [4.78, 5) is 28.0. The fourth-order valence-corrected chi connectivity index (χ4v) is 3.71. The number of carbonyl (C=O) groups is 2. The molecule has 160 valence electrons. The smallest absolute Gasteiger partial charge is 0.319 e. The van der Waals surface area contributed by atoms with E-state index in [9.17, 15) is 14.7 Å². The Bertz CT molecular complexity index is 839. The second-order valence-corrected chi connectivity index (χ2v) is 7.91. The SMILES string of the molecule is CN(C)C[C@H](CNC(=O)Nc1ccc(N2CCCC2=O)cc1)[C@@H](O)c1ccccc1. The van der Waals surface area contributed by atoms with Crippen LogP contribution in [0.5, 0.6) is 0 Å². The fraction of sp³-hybridized carbons (Fsp3) is 0.391. The Morgan fingerprint density at radius 3 is 2.43 bits per heavy atom. The molecule has 7 heteroatoms. The summed E-state index contributed by atoms with van der Waals surface area (Å²) in [6.45, 7) is 1.71. The molecule has 2 atom stereocenters. The first-order chi connectivity index (χ1) is 14.4. The Labute approximate surface area is 177 Å². The summed E-state index contributed by atoms with van der Waals surface area (Å²) < 4.78 is 0. The van der Waals surface area contributed by atoms with E-state index in [1.165, 1.54) is 0 Å². The predicted molar refractivity (Wildman–Crippen MR) is 118 cm³/mol. The molecular formula is C23H30N4O3. The van der Waals surface area contributed by atoms with Gasteiger partial charge in [-0.3, -0.25) is 4.79 Å². The maximum atomic E-state index is 12.4. The van der Waals surface area contributed by atoms with E-state index in [-0.39, 0.29) is 17.9 Å². The summed E-state index contributed by atoms with van der Waals surface area (Å²) in [7, 11) is 3.88. The van der Waals surface area contributed by atoms with E-state index in [4.69, 9.17) is 0 Å². The zero-order chi connectivity index (χ0) is 21.5. The molecule has 0 spiro atoms. The van der Waals surface area contributed by atoms with Gasteiger partial charge in [-0.25, -0.2) is 4.79 Å². The van der Waals surface area contributed by atoms with Crippen LogP contribution in [0.2, 0.25) is 0 Å². The first-order valence-corrected chi connectivity index (χ1v) is 10.3. The lowest BCUT2D eigenvalue weighted by Crippen LogP contribution is -2.39. The minimum Gasteiger partial charge on any atom is -0.388 e. The van der Waals surface area contributed by atoms with E-state index in [0.29, 0.717) is 25.2 Å². The molecule has 0 aliphatic carbocycles. The van der Waals surface area contributed by atoms with E-state index < -0.39 is 6.10 Å². The molecule has 1 saturated heterocycles. The molecule has 0 unspecified atom stereocenters. The number of hydrogen-bond acceptors (Lipinski definition) is 4. The topological polar surface area (TPSA) is 84.9 Å². The minimum atomic E-state index is -0.675. The van der Waals surface area contributed by atoms with E-state index in [0.717, 1.165) is 24.2 Å². The van der Waals surface area contributed by atoms with Gasteiger partial charge in [0.05, 0.1) is 6.10 Å². The van der Waals surface area contributed by atoms with E-state index in [2.05, 4.69) is 10.6 Å². The Kier molecular flexibility index (Phi) is 7.43. The summed E-state index contributed by atoms with van der Waals surface area (Å²) in [5, 5.41) is 16.4. The van der Waals surface area contributed by atoms with Crippen LogP contribution < -0.4 is 15.5 Å². The molecule has 2 aromatic rings. The van der Waals surface area contributed by atoms with Crippen LogP contribution in [0.4, 0.5) is 16.2 Å². The first-order valence-electron chi connectivity index (χ1n) is 10.3. The molecule has 3 amide bonds. The van der Waals surface area contributed by atoms with Crippen molar-refractivity contribution in [2.24, 2.45) is 5.92 Å². The molecule has 30 heavy (non-hydrogen) atoms. The minimum absolute atomic E-state index is 0.136. The van der Waals surface area contributed by atoms with Crippen molar-refractivity contribution >= 4 is 23.3 Å². The monoisotopic (exact) mass is 410 g/mol. The molecular weight excluding hydrogens is 380 g/mol. The van der Waals surface area contributed by atoms with Crippen molar-refractivity contribution < 1.29 is 14.7 Å². The van der Waals surface area contributed by atoms with Crippen LogP contribution >= 0.6 is 0 Å². The molecule has 1 aliphatic rings. The average Bonchev–Trinajstić information content (AvgIpc) is 3.17. The number of benzene rings is 2. The van der Waals surface area contributed by atoms with Gasteiger partial charge in [0, 0.05) is 43.3 Å². The number of nitrogens with one attached hydrogen (secondary N) is 2. The van der Waals surface area contributed by atoms with Gasteiger partial charge in [-0.1, -0.05) is 30.3 Å². The first kappa shape index (κ1) is 21.8. The van der Waals surface area contributed by atoms with Crippen LogP contribution in [0.15, 0.2) is 54.6 Å². The normalized spacial score (nSPS) is 15.9. The lowest BCUT2D eigenvalue weighted by atomic mass is 9.95. The third-order valence-electron chi connectivity index (χ3n) is 5.22. The molecule has 1 heterocycles. The maximum absolute atomic E-state index is 12.4. The van der Waals surface area contributed by atoms with Gasteiger partial charge in [0.25, 0.3) is 0 Å². The van der Waals surface area contributed by atoms with E-state index in [1.54, 1.807) is 17.0 Å². The highest BCUT2D eigenvalue weighted by molar-refractivity contribution is 5.96. The summed E-state index contributed by atoms with van der Waals surface area (Å²) in [5.41, 5.74) is 2.33. The van der Waals surface area contributed by atoms with E-state index in [1.807, 2.05) is 61.5 Å². The highest BCUT2D eigenvalue weighted by atomic mass is 16.3. The Morgan fingerprint density at radius 1 is 1.13 bits per heavy atom. The number of aliphatic hydroxyl groups is 1. The predicted octanol–water partition coefficient (Wildman–Crippen LogP) is 2.85. The van der Waals surface area contributed by atoms with Crippen molar-refractivity contribution in [3.8, 4) is 0 Å². The molecule has 0 aromatic heterocycles. The van der Waals surface area contributed by atoms with Crippen LogP contribution in [0.25, 0.3) is 0 Å². The van der Waals surface area contributed by atoms with Crippen molar-refractivity contribution in [1.29, 1.82) is 0 Å². The molecule has 1 aliphatic heterocycles. The van der Waals surface area contributed by atoms with Crippen molar-refractivity contribution in [1.82, 2.24) is 10.2 Å². The summed E-state index contributed by atoms with van der Waals surface area (Å²) >= 11 is 0. The Morgan fingerprint density at radius 2 is 1.83 bits per heavy atom. The van der Waals surface area contributed by atoms with Crippen LogP contribution in [-0.4, -0.2) is 55.7 Å². The molecule has 2 aromatic carbocycles. The number of amides is 3. The number of rotatable bonds is 8. The highest BCUT2D eigenvalue weighted by Crippen LogP contribution is 2.24. The lowest BCUT2D eigenvalue weighted by Gasteiger charge is -2.26. The van der Waals surface area contributed by atoms with Gasteiger partial charge in [0.15, 0.2) is 0 Å². The van der Waals surface area contributed by atoms with Gasteiger partial charge < -0.3 is 25.5 Å². The number of carbonyl (C=O) groups excluding carboxylic acids is 2. The lowest BCUT2D eigenvalue weighted by molar-refractivity contribution is -0.117. The zero-order valence-corrected chi connectivity index (χ0v) is 17.5. The van der Waals surface area contributed by atoms with E-state index >= 15 is 0 Å². The van der Waals surface area contributed by atoms with Crippen molar-refractivity contribution in [2.45, 2.75) is 18.9 Å². The maximum Gasteiger partial charge on any atom is 0.319 e. The molecule has 7 nitrogen and oxygen atoms in total. The molecule has 3 N–H and O–H groups in total. The van der Waals surface area contributed by atoms with Gasteiger partial charge in [-0.15, -0.1) is 0 Å². The summed E-state index contributed by atoms with van der Waals surface area (Å²) in [5.74, 6) is -0.0194. The molecule has 0 saturated carbocycles. The fourth-order valence-electron chi connectivity index (χ4n) is 3.71. The quantitative estimate of drug-likeness (QED) is 0.625. The third-order valence-corrected chi connectivity index (χ3v) is 5.22. The molecule has 3 rings (SSSR count). The highest BCUT2D eigenvalue weighted by Gasteiger charge is 2.23. The van der Waals surface area contributed by atoms with Crippen LogP contribution in [-0.2, 0) is 4.79 Å². The van der Waals surface area contributed by atoms with Gasteiger partial charge in [-0.05, 0) is 50.3 Å². The standard InChI is InChI=1S/C23H30N4O3/c1-26(2)16-18(22(29)17-7-4-3-5-8-17)15-24-23(30)25-19-10-12-20(13-11-19)27-14-6-9-21(27)28/h3-5,7-8,10-13,18,22,29H,6,9,14-16H2,1-2H3,(H2,24,25,30)/t18-,22-/m0/s1. The van der Waals surface area contributed by atoms with Gasteiger partial charge in [-0.2, -0.15) is 0 Å². The summed E-state index contributed by atoms with van der Waals surface area (Å²) in [6, 6.07) is 16.4. The van der Waals surface area contributed by atoms with Gasteiger partial charge in [0.2, 0.25) is 5.91 Å². The second kappa shape index (κ2) is 10.2. The van der Waals surface area contributed by atoms with Gasteiger partial charge >= 0.3 is 6.03 Å². The third kappa shape index (κ3) is 5.81. The van der Waals surface area contributed by atoms with Crippen LogP contribution in [0.1, 0.15) is 24.5 Å². The van der Waals surface area contributed by atoms with Crippen LogP contribution in [0, 0.1) is 5.92 Å². The Balaban J connectivity index is 1.55. The number of hydrogen-bond donors (Lipinski definition) is 3. The van der Waals surface area contributed by atoms with Crippen molar-refractivity contribution in [3.05, 3.63) is 60.2 Å². The van der Waals surface area contributed by atoms with Crippen LogP contribution in [0.3, 0.4) is 0 Å². The average molecular weight is 411 g/mol.